The number of rotatable bonds is 3. The molecule has 0 saturated heterocycles. The minimum Gasteiger partial charge on any atom is -0.456 e. The summed E-state index contributed by atoms with van der Waals surface area (Å²) in [6, 6.07) is 20.1. The van der Waals surface area contributed by atoms with Crippen LogP contribution in [0.4, 0.5) is 4.39 Å². The number of halogens is 1. The molecular weight excluding hydrogens is 487 g/mol. The molecule has 0 unspecified atom stereocenters. The molecule has 0 aliphatic heterocycles. The molecule has 0 bridgehead atoms. The highest BCUT2D eigenvalue weighted by Crippen LogP contribution is 2.34. The molecule has 8 aromatic rings. The molecule has 5 nitrogen and oxygen atoms in total. The van der Waals surface area contributed by atoms with Crippen molar-refractivity contribution >= 4 is 43.7 Å². The third-order valence-corrected chi connectivity index (χ3v) is 6.69. The average molecular weight is 513 g/mol. The first-order valence-corrected chi connectivity index (χ1v) is 12.2. The van der Waals surface area contributed by atoms with E-state index in [0.717, 1.165) is 16.4 Å². The van der Waals surface area contributed by atoms with Crippen LogP contribution in [0.1, 0.15) is 8.22 Å². The molecule has 0 saturated carbocycles. The molecule has 8 rings (SSSR count). The van der Waals surface area contributed by atoms with Crippen molar-refractivity contribution < 1.29 is 17.0 Å². The maximum Gasteiger partial charge on any atom is 0.238 e. The number of para-hydroxylation sites is 3. The second-order valence-corrected chi connectivity index (χ2v) is 9.00. The summed E-state index contributed by atoms with van der Waals surface area (Å²) in [6.45, 7) is 0. The summed E-state index contributed by atoms with van der Waals surface area (Å²) in [7, 11) is 0. The van der Waals surface area contributed by atoms with Crippen LogP contribution in [-0.2, 0) is 0 Å². The van der Waals surface area contributed by atoms with Crippen molar-refractivity contribution in [2.75, 3.05) is 0 Å². The highest BCUT2D eigenvalue weighted by atomic mass is 19.1. The van der Waals surface area contributed by atoms with Crippen LogP contribution in [0, 0.1) is 5.82 Å². The number of furan rings is 1. The van der Waals surface area contributed by atoms with Crippen LogP contribution in [0.15, 0.2) is 120 Å². The third kappa shape index (κ3) is 3.42. The van der Waals surface area contributed by atoms with Gasteiger partial charge in [-0.05, 0) is 54.5 Å². The summed E-state index contributed by atoms with van der Waals surface area (Å²) >= 11 is 0. The molecule has 0 radical (unpaired) electrons. The topological polar surface area (TPSA) is 56.7 Å². The molecule has 6 heteroatoms. The smallest absolute Gasteiger partial charge is 0.238 e. The van der Waals surface area contributed by atoms with E-state index in [2.05, 4.69) is 0 Å². The number of aromatic nitrogens is 4. The molecular formula is C33H19FN4O. The summed E-state index contributed by atoms with van der Waals surface area (Å²) in [5.41, 5.74) is 2.64. The van der Waals surface area contributed by atoms with E-state index in [9.17, 15) is 4.39 Å². The van der Waals surface area contributed by atoms with Crippen molar-refractivity contribution in [3.05, 3.63) is 121 Å². The van der Waals surface area contributed by atoms with Crippen LogP contribution >= 0.6 is 0 Å². The lowest BCUT2D eigenvalue weighted by Gasteiger charge is -2.11. The fourth-order valence-corrected chi connectivity index (χ4v) is 4.90. The van der Waals surface area contributed by atoms with Crippen molar-refractivity contribution in [3.63, 3.8) is 0 Å². The predicted molar refractivity (Wildman–Crippen MR) is 152 cm³/mol. The van der Waals surface area contributed by atoms with Crippen molar-refractivity contribution in [2.45, 2.75) is 0 Å². The number of benzene rings is 5. The predicted octanol–water partition coefficient (Wildman–Crippen LogP) is 8.34. The molecule has 3 aromatic heterocycles. The van der Waals surface area contributed by atoms with Crippen molar-refractivity contribution in [3.8, 4) is 28.7 Å². The Morgan fingerprint density at radius 1 is 0.615 bits per heavy atom. The Kier molecular flexibility index (Phi) is 3.52. The molecule has 0 aliphatic carbocycles. The van der Waals surface area contributed by atoms with E-state index in [-0.39, 0.29) is 75.7 Å². The number of fused-ring (bicyclic) bond motifs is 6. The van der Waals surface area contributed by atoms with E-state index in [4.69, 9.17) is 27.6 Å². The maximum atomic E-state index is 13.9. The van der Waals surface area contributed by atoms with E-state index in [1.165, 1.54) is 41.0 Å². The summed E-state index contributed by atoms with van der Waals surface area (Å²) in [6.07, 6.45) is 0. The maximum absolute atomic E-state index is 13.9. The molecule has 0 atom stereocenters. The standard InChI is InChI=1S/C33H19FN4O/c34-22-16-13-20(14-17-22)31-35-32(21-15-18-26-25-9-3-6-12-29(25)39-30(26)19-21)37-33(36-31)38-27-10-4-1-7-23(27)24-8-2-5-11-28(24)38/h1-19H/i1D,2D,7D,8D,10D,11D. The summed E-state index contributed by atoms with van der Waals surface area (Å²) in [4.78, 5) is 14.2. The van der Waals surface area contributed by atoms with Crippen LogP contribution in [0.2, 0.25) is 0 Å². The van der Waals surface area contributed by atoms with Crippen molar-refractivity contribution in [1.82, 2.24) is 19.5 Å². The van der Waals surface area contributed by atoms with E-state index in [1.807, 2.05) is 42.5 Å². The average Bonchev–Trinajstić information content (AvgIpc) is 3.60. The van der Waals surface area contributed by atoms with Gasteiger partial charge in [0, 0.05) is 32.7 Å². The summed E-state index contributed by atoms with van der Waals surface area (Å²) in [5.74, 6) is -0.0485. The Morgan fingerprint density at radius 3 is 2.00 bits per heavy atom. The van der Waals surface area contributed by atoms with E-state index in [0.29, 0.717) is 16.7 Å². The van der Waals surface area contributed by atoms with Gasteiger partial charge in [-0.2, -0.15) is 9.97 Å². The van der Waals surface area contributed by atoms with E-state index < -0.39 is 5.82 Å². The summed E-state index contributed by atoms with van der Waals surface area (Å²) < 4.78 is 72.9. The van der Waals surface area contributed by atoms with Gasteiger partial charge in [-0.1, -0.05) is 60.6 Å². The number of hydrogen-bond acceptors (Lipinski definition) is 4. The van der Waals surface area contributed by atoms with Gasteiger partial charge in [0.15, 0.2) is 11.6 Å². The van der Waals surface area contributed by atoms with Gasteiger partial charge in [-0.3, -0.25) is 4.57 Å². The second-order valence-electron chi connectivity index (χ2n) is 9.00. The van der Waals surface area contributed by atoms with Crippen LogP contribution in [0.5, 0.6) is 0 Å². The Morgan fingerprint density at radius 2 is 1.26 bits per heavy atom. The van der Waals surface area contributed by atoms with E-state index >= 15 is 0 Å². The minimum absolute atomic E-state index is 0.0136. The molecule has 39 heavy (non-hydrogen) atoms. The normalized spacial score (nSPS) is 13.9. The molecule has 0 N–H and O–H groups in total. The minimum atomic E-state index is -0.438. The van der Waals surface area contributed by atoms with Gasteiger partial charge in [0.2, 0.25) is 5.95 Å². The van der Waals surface area contributed by atoms with Crippen molar-refractivity contribution in [1.29, 1.82) is 0 Å². The van der Waals surface area contributed by atoms with Gasteiger partial charge in [-0.25, -0.2) is 9.37 Å². The lowest BCUT2D eigenvalue weighted by molar-refractivity contribution is 0.628. The van der Waals surface area contributed by atoms with Crippen LogP contribution in [0.25, 0.3) is 72.5 Å². The molecule has 0 spiro atoms. The Hall–Kier alpha value is -5.36. The Balaban J connectivity index is 1.48. The SMILES string of the molecule is [2H]c1cc([2H])c2c(c1[2H])c1c([2H])c([2H])cc([2H])c1n2-c1nc(-c2ccc(F)cc2)nc(-c2ccc3c(c2)oc2ccccc23)n1. The third-order valence-electron chi connectivity index (χ3n) is 6.69. The lowest BCUT2D eigenvalue weighted by Crippen LogP contribution is -2.06. The van der Waals surface area contributed by atoms with Gasteiger partial charge in [0.1, 0.15) is 17.0 Å². The van der Waals surface area contributed by atoms with Gasteiger partial charge in [0.25, 0.3) is 0 Å². The molecule has 0 fully saturated rings. The fraction of sp³-hybridized carbons (Fsp3) is 0. The first kappa shape index (κ1) is 16.5. The largest absolute Gasteiger partial charge is 0.456 e. The second kappa shape index (κ2) is 8.33. The molecule has 184 valence electrons. The van der Waals surface area contributed by atoms with Crippen molar-refractivity contribution in [2.24, 2.45) is 0 Å². The zero-order valence-electron chi connectivity index (χ0n) is 26.1. The zero-order valence-corrected chi connectivity index (χ0v) is 20.1. The van der Waals surface area contributed by atoms with Gasteiger partial charge in [0.05, 0.1) is 19.3 Å². The van der Waals surface area contributed by atoms with Gasteiger partial charge >= 0.3 is 0 Å². The lowest BCUT2D eigenvalue weighted by atomic mass is 10.1. The molecule has 0 aliphatic rings. The first-order valence-electron chi connectivity index (χ1n) is 15.2. The highest BCUT2D eigenvalue weighted by molar-refractivity contribution is 6.09. The fourth-order valence-electron chi connectivity index (χ4n) is 4.90. The Bertz CT molecular complexity index is 2460. The molecule has 5 aromatic carbocycles. The monoisotopic (exact) mass is 512 g/mol. The van der Waals surface area contributed by atoms with Gasteiger partial charge in [-0.15, -0.1) is 0 Å². The Labute approximate surface area is 230 Å². The first-order chi connectivity index (χ1) is 21.7. The van der Waals surface area contributed by atoms with Crippen LogP contribution < -0.4 is 0 Å². The molecule has 3 heterocycles. The quantitative estimate of drug-likeness (QED) is 0.239. The number of nitrogens with zero attached hydrogens (tertiary/aromatic N) is 4. The van der Waals surface area contributed by atoms with Crippen LogP contribution in [0.3, 0.4) is 0 Å². The molecule has 0 amide bonds. The zero-order chi connectivity index (χ0) is 31.1. The van der Waals surface area contributed by atoms with E-state index in [1.54, 1.807) is 0 Å². The summed E-state index contributed by atoms with van der Waals surface area (Å²) in [5, 5.41) is 2.04. The van der Waals surface area contributed by atoms with Crippen LogP contribution in [-0.4, -0.2) is 19.5 Å². The highest BCUT2D eigenvalue weighted by Gasteiger charge is 2.18. The van der Waals surface area contributed by atoms with Gasteiger partial charge < -0.3 is 4.42 Å². The number of hydrogen-bond donors (Lipinski definition) is 0.